The van der Waals surface area contributed by atoms with Crippen LogP contribution in [0.5, 0.6) is 0 Å². The molecule has 0 saturated carbocycles. The van der Waals surface area contributed by atoms with Gasteiger partial charge >= 0.3 is 0 Å². The average molecular weight is 422 g/mol. The zero-order valence-corrected chi connectivity index (χ0v) is 16.7. The Morgan fingerprint density at radius 3 is 1.00 bits per heavy atom. The van der Waals surface area contributed by atoms with E-state index in [4.69, 9.17) is 13.2 Å². The first-order chi connectivity index (χ1) is 2.41. The van der Waals surface area contributed by atoms with Crippen molar-refractivity contribution in [2.45, 2.75) is 6.42 Å². The second kappa shape index (κ2) is 29.7. The van der Waals surface area contributed by atoms with Crippen LogP contribution in [0.1, 0.15) is 6.42 Å². The molecule has 9 heavy (non-hydrogen) atoms. The predicted octanol–water partition coefficient (Wildman–Crippen LogP) is 1.34. The Labute approximate surface area is 158 Å². The van der Waals surface area contributed by atoms with Crippen LogP contribution in [0.4, 0.5) is 0 Å². The van der Waals surface area contributed by atoms with E-state index >= 15 is 0 Å². The Hall–Kier alpha value is 3.90. The summed E-state index contributed by atoms with van der Waals surface area (Å²) < 4.78 is 0. The Kier molecular flexibility index (Phi) is 96.6. The van der Waals surface area contributed by atoms with Crippen LogP contribution in [0.3, 0.4) is 0 Å². The summed E-state index contributed by atoms with van der Waals surface area (Å²) in [5.74, 6) is 0. The first kappa shape index (κ1) is 29.3. The summed E-state index contributed by atoms with van der Waals surface area (Å²) in [6.45, 7) is 9.81. The van der Waals surface area contributed by atoms with E-state index in [0.717, 1.165) is 0 Å². The van der Waals surface area contributed by atoms with Crippen LogP contribution < -0.4 is 0 Å². The Balaban J connectivity index is -0.0000000133. The van der Waals surface area contributed by atoms with Crippen molar-refractivity contribution in [1.29, 1.82) is 0 Å². The summed E-state index contributed by atoms with van der Waals surface area (Å²) in [7, 11) is 0. The first-order valence-corrected chi connectivity index (χ1v) is 1.48. The third-order valence-corrected chi connectivity index (χ3v) is 0.272. The van der Waals surface area contributed by atoms with Crippen molar-refractivity contribution >= 4 is 0 Å². The van der Waals surface area contributed by atoms with Crippen molar-refractivity contribution in [3.8, 4) is 0 Å². The number of allylic oxidation sites excluding steroid dienone is 2. The fourth-order valence-electron chi connectivity index (χ4n) is 0.0786. The Bertz CT molecular complexity index is 38.2. The maximum absolute atomic E-state index is 4.90. The van der Waals surface area contributed by atoms with Crippen LogP contribution in [-0.2, 0) is 131 Å². The summed E-state index contributed by atoms with van der Waals surface area (Å²) in [6, 6.07) is 0. The standard InChI is InChI=1S/C5H6.4Y/c1-3-5-4-2;;;;/h1-4H,5H2;;;;/q-2;;;;. The quantitative estimate of drug-likeness (QED) is 0.591. The van der Waals surface area contributed by atoms with E-state index in [-0.39, 0.29) is 131 Å². The van der Waals surface area contributed by atoms with Crippen molar-refractivity contribution in [2.75, 3.05) is 0 Å². The van der Waals surface area contributed by atoms with Gasteiger partial charge < -0.3 is 13.2 Å². The maximum Gasteiger partial charge on any atom is 0 e. The summed E-state index contributed by atoms with van der Waals surface area (Å²) >= 11 is 0. The van der Waals surface area contributed by atoms with E-state index in [1.807, 2.05) is 0 Å². The molecule has 0 aliphatic heterocycles. The van der Waals surface area contributed by atoms with Crippen LogP contribution in [0.15, 0.2) is 12.2 Å². The van der Waals surface area contributed by atoms with Crippen molar-refractivity contribution in [2.24, 2.45) is 0 Å². The molecule has 0 fully saturated rings. The van der Waals surface area contributed by atoms with Crippen LogP contribution in [0.25, 0.3) is 0 Å². The molecular formula is C5H6Y4-2. The third kappa shape index (κ3) is 33.5. The molecule has 0 aromatic carbocycles. The number of hydrogen-bond donors (Lipinski definition) is 0. The fraction of sp³-hybridized carbons (Fsp3) is 0.200. The van der Waals surface area contributed by atoms with Crippen molar-refractivity contribution in [3.63, 3.8) is 0 Å². The number of hydrogen-bond acceptors (Lipinski definition) is 0. The molecule has 0 aromatic heterocycles. The van der Waals surface area contributed by atoms with Gasteiger partial charge in [-0.05, 0) is 0 Å². The summed E-state index contributed by atoms with van der Waals surface area (Å²) in [5, 5.41) is 0. The molecule has 4 heteroatoms. The normalized spacial score (nSPS) is 3.56. The first-order valence-electron chi connectivity index (χ1n) is 1.48. The SMILES string of the molecule is [CH-]=CCC=[CH-].[Y].[Y].[Y].[Y]. The second-order valence-electron chi connectivity index (χ2n) is 0.707. The van der Waals surface area contributed by atoms with Gasteiger partial charge in [0.05, 0.1) is 0 Å². The minimum Gasteiger partial charge on any atom is -0.518 e. The summed E-state index contributed by atoms with van der Waals surface area (Å²) in [5.41, 5.74) is 0. The van der Waals surface area contributed by atoms with Gasteiger partial charge in [-0.2, -0.15) is 0 Å². The molecule has 0 saturated heterocycles. The molecular weight excluding hydrogens is 416 g/mol. The molecule has 0 spiro atoms. The smallest absolute Gasteiger partial charge is 0 e. The van der Waals surface area contributed by atoms with Gasteiger partial charge in [0.2, 0.25) is 0 Å². The fourth-order valence-corrected chi connectivity index (χ4v) is 0.0786. The molecule has 0 nitrogen and oxygen atoms in total. The van der Waals surface area contributed by atoms with Crippen LogP contribution in [-0.4, -0.2) is 0 Å². The monoisotopic (exact) mass is 422 g/mol. The van der Waals surface area contributed by atoms with Crippen LogP contribution >= 0.6 is 0 Å². The van der Waals surface area contributed by atoms with Gasteiger partial charge in [0, 0.05) is 131 Å². The predicted molar refractivity (Wildman–Crippen MR) is 22.4 cm³/mol. The molecule has 0 bridgehead atoms. The molecule has 0 rings (SSSR count). The molecule has 0 amide bonds. The van der Waals surface area contributed by atoms with Gasteiger partial charge in [-0.3, -0.25) is 12.2 Å². The second-order valence-corrected chi connectivity index (χ2v) is 0.707. The molecule has 0 N–H and O–H groups in total. The maximum atomic E-state index is 4.90. The molecule has 0 aliphatic carbocycles. The van der Waals surface area contributed by atoms with Gasteiger partial charge in [0.1, 0.15) is 0 Å². The molecule has 40 valence electrons. The topological polar surface area (TPSA) is 0 Å². The van der Waals surface area contributed by atoms with Crippen molar-refractivity contribution in [3.05, 3.63) is 25.3 Å². The zero-order chi connectivity index (χ0) is 4.12. The van der Waals surface area contributed by atoms with Gasteiger partial charge in [0.25, 0.3) is 0 Å². The number of rotatable bonds is 2. The molecule has 0 aromatic rings. The van der Waals surface area contributed by atoms with Gasteiger partial charge in [-0.1, -0.05) is 6.42 Å². The molecule has 0 aliphatic rings. The Morgan fingerprint density at radius 2 is 1.00 bits per heavy atom. The summed E-state index contributed by atoms with van der Waals surface area (Å²) in [4.78, 5) is 0. The van der Waals surface area contributed by atoms with Crippen LogP contribution in [0, 0.1) is 13.2 Å². The molecule has 0 atom stereocenters. The average Bonchev–Trinajstić information content (AvgIpc) is 1.41. The summed E-state index contributed by atoms with van der Waals surface area (Å²) in [6.07, 6.45) is 3.69. The van der Waals surface area contributed by atoms with E-state index in [1.54, 1.807) is 0 Å². The van der Waals surface area contributed by atoms with Crippen LogP contribution in [0.2, 0.25) is 0 Å². The Morgan fingerprint density at radius 1 is 0.778 bits per heavy atom. The van der Waals surface area contributed by atoms with Gasteiger partial charge in [0.15, 0.2) is 0 Å². The largest absolute Gasteiger partial charge is 0.518 e. The molecule has 4 radical (unpaired) electrons. The van der Waals surface area contributed by atoms with Gasteiger partial charge in [-0.15, -0.1) is 0 Å². The van der Waals surface area contributed by atoms with E-state index in [0.29, 0.717) is 6.42 Å². The van der Waals surface area contributed by atoms with E-state index < -0.39 is 0 Å². The van der Waals surface area contributed by atoms with Gasteiger partial charge in [-0.25, -0.2) is 0 Å². The van der Waals surface area contributed by atoms with E-state index in [2.05, 4.69) is 0 Å². The molecule has 0 unspecified atom stereocenters. The zero-order valence-electron chi connectivity index (χ0n) is 5.33. The minimum absolute atomic E-state index is 0. The third-order valence-electron chi connectivity index (χ3n) is 0.272. The van der Waals surface area contributed by atoms with Crippen molar-refractivity contribution < 1.29 is 131 Å². The van der Waals surface area contributed by atoms with E-state index in [1.165, 1.54) is 12.2 Å². The van der Waals surface area contributed by atoms with E-state index in [9.17, 15) is 0 Å². The molecule has 0 heterocycles. The minimum atomic E-state index is 0. The van der Waals surface area contributed by atoms with Crippen molar-refractivity contribution in [1.82, 2.24) is 0 Å².